The molecule has 9 N–H and O–H groups in total. The number of amides is 3. The zero-order chi connectivity index (χ0) is 28.5. The lowest BCUT2D eigenvalue weighted by Gasteiger charge is -2.24. The molecule has 0 radical (unpaired) electrons. The van der Waals surface area contributed by atoms with Gasteiger partial charge in [-0.1, -0.05) is 30.3 Å². The highest BCUT2D eigenvalue weighted by atomic mass is 16.4. The number of carbonyl (C=O) groups is 5. The molecule has 0 saturated heterocycles. The minimum absolute atomic E-state index is 0.00568. The quantitative estimate of drug-likeness (QED) is 0.142. The van der Waals surface area contributed by atoms with E-state index in [-0.39, 0.29) is 18.6 Å². The van der Waals surface area contributed by atoms with Gasteiger partial charge in [0.1, 0.15) is 24.4 Å². The number of carboxylic acids is 2. The van der Waals surface area contributed by atoms with Crippen LogP contribution in [0, 0.1) is 0 Å². The first-order chi connectivity index (χ1) is 18.5. The largest absolute Gasteiger partial charge is 0.508 e. The van der Waals surface area contributed by atoms with Gasteiger partial charge in [0.2, 0.25) is 17.7 Å². The molecule has 1 heterocycles. The van der Waals surface area contributed by atoms with Crippen molar-refractivity contribution in [2.75, 3.05) is 6.54 Å². The Morgan fingerprint density at radius 3 is 2.13 bits per heavy atom. The normalized spacial score (nSPS) is 13.2. The van der Waals surface area contributed by atoms with E-state index in [0.29, 0.717) is 11.1 Å². The van der Waals surface area contributed by atoms with Crippen LogP contribution in [0.2, 0.25) is 0 Å². The molecule has 1 aromatic heterocycles. The molecule has 0 aliphatic rings. The third-order valence-corrected chi connectivity index (χ3v) is 5.89. The van der Waals surface area contributed by atoms with Crippen LogP contribution < -0.4 is 21.7 Å². The van der Waals surface area contributed by atoms with Gasteiger partial charge >= 0.3 is 11.9 Å². The van der Waals surface area contributed by atoms with Crippen molar-refractivity contribution in [1.82, 2.24) is 20.9 Å². The first-order valence-corrected chi connectivity index (χ1v) is 11.9. The Hall–Kier alpha value is -4.91. The van der Waals surface area contributed by atoms with Crippen molar-refractivity contribution in [3.05, 3.63) is 65.9 Å². The fourth-order valence-corrected chi connectivity index (χ4v) is 3.92. The number of hydrogen-bond acceptors (Lipinski definition) is 7. The SMILES string of the molecule is N[C@@H](CC(=O)O)C(=O)N[C@@H](Cc1c[nH]c2ccccc12)C(=O)N[C@@H](Cc1ccc(O)cc1)C(=O)NCC(=O)O. The van der Waals surface area contributed by atoms with Crippen molar-refractivity contribution in [3.8, 4) is 5.75 Å². The van der Waals surface area contributed by atoms with Crippen molar-refractivity contribution in [2.45, 2.75) is 37.4 Å². The number of para-hydroxylation sites is 1. The third kappa shape index (κ3) is 8.30. The van der Waals surface area contributed by atoms with Gasteiger partial charge in [0, 0.05) is 29.9 Å². The molecular formula is C26H29N5O8. The van der Waals surface area contributed by atoms with Gasteiger partial charge in [-0.15, -0.1) is 0 Å². The fraction of sp³-hybridized carbons (Fsp3) is 0.269. The van der Waals surface area contributed by atoms with Crippen LogP contribution in [0.25, 0.3) is 10.9 Å². The van der Waals surface area contributed by atoms with Gasteiger partial charge in [0.05, 0.1) is 12.5 Å². The number of carboxylic acid groups (broad SMARTS) is 2. The number of aromatic hydroxyl groups is 1. The highest BCUT2D eigenvalue weighted by molar-refractivity contribution is 5.95. The molecule has 0 saturated carbocycles. The van der Waals surface area contributed by atoms with Crippen molar-refractivity contribution in [2.24, 2.45) is 5.73 Å². The van der Waals surface area contributed by atoms with Gasteiger partial charge in [0.25, 0.3) is 0 Å². The monoisotopic (exact) mass is 539 g/mol. The maximum atomic E-state index is 13.5. The predicted octanol–water partition coefficient (Wildman–Crippen LogP) is -0.369. The highest BCUT2D eigenvalue weighted by Gasteiger charge is 2.30. The Morgan fingerprint density at radius 2 is 1.46 bits per heavy atom. The molecule has 0 aliphatic heterocycles. The number of rotatable bonds is 13. The van der Waals surface area contributed by atoms with Gasteiger partial charge in [-0.25, -0.2) is 0 Å². The molecule has 0 fully saturated rings. The van der Waals surface area contributed by atoms with Gasteiger partial charge in [-0.2, -0.15) is 0 Å². The number of aromatic nitrogens is 1. The molecule has 13 heteroatoms. The van der Waals surface area contributed by atoms with Gasteiger partial charge in [-0.3, -0.25) is 24.0 Å². The summed E-state index contributed by atoms with van der Waals surface area (Å²) in [5.74, 6) is -5.00. The molecule has 0 bridgehead atoms. The van der Waals surface area contributed by atoms with Crippen LogP contribution in [0.1, 0.15) is 17.5 Å². The molecule has 3 aromatic rings. The summed E-state index contributed by atoms with van der Waals surface area (Å²) in [6.45, 7) is -0.680. The summed E-state index contributed by atoms with van der Waals surface area (Å²) in [6.07, 6.45) is 0.934. The highest BCUT2D eigenvalue weighted by Crippen LogP contribution is 2.19. The number of aliphatic carboxylic acids is 2. The smallest absolute Gasteiger partial charge is 0.322 e. The van der Waals surface area contributed by atoms with Crippen LogP contribution in [-0.4, -0.2) is 74.6 Å². The van der Waals surface area contributed by atoms with E-state index in [9.17, 15) is 29.1 Å². The van der Waals surface area contributed by atoms with Crippen molar-refractivity contribution in [3.63, 3.8) is 0 Å². The summed E-state index contributed by atoms with van der Waals surface area (Å²) in [4.78, 5) is 64.0. The second-order valence-corrected chi connectivity index (χ2v) is 8.87. The van der Waals surface area contributed by atoms with E-state index < -0.39 is 60.8 Å². The molecule has 2 aromatic carbocycles. The number of H-pyrrole nitrogens is 1. The molecule has 3 amide bonds. The zero-order valence-corrected chi connectivity index (χ0v) is 20.7. The third-order valence-electron chi connectivity index (χ3n) is 5.89. The summed E-state index contributed by atoms with van der Waals surface area (Å²) >= 11 is 0. The minimum Gasteiger partial charge on any atom is -0.508 e. The second kappa shape index (κ2) is 13.1. The Kier molecular flexibility index (Phi) is 9.59. The van der Waals surface area contributed by atoms with Crippen LogP contribution >= 0.6 is 0 Å². The van der Waals surface area contributed by atoms with E-state index in [1.165, 1.54) is 24.3 Å². The maximum absolute atomic E-state index is 13.5. The van der Waals surface area contributed by atoms with Crippen LogP contribution in [0.4, 0.5) is 0 Å². The first kappa shape index (κ1) is 28.7. The lowest BCUT2D eigenvalue weighted by Crippen LogP contribution is -2.57. The second-order valence-electron chi connectivity index (χ2n) is 8.87. The lowest BCUT2D eigenvalue weighted by molar-refractivity contribution is -0.139. The zero-order valence-electron chi connectivity index (χ0n) is 20.7. The molecule has 39 heavy (non-hydrogen) atoms. The van der Waals surface area contributed by atoms with E-state index in [1.807, 2.05) is 18.2 Å². The van der Waals surface area contributed by atoms with E-state index in [4.69, 9.17) is 15.9 Å². The van der Waals surface area contributed by atoms with Crippen LogP contribution in [-0.2, 0) is 36.8 Å². The predicted molar refractivity (Wildman–Crippen MR) is 139 cm³/mol. The van der Waals surface area contributed by atoms with Gasteiger partial charge < -0.3 is 42.0 Å². The number of nitrogens with two attached hydrogens (primary N) is 1. The van der Waals surface area contributed by atoms with E-state index >= 15 is 0 Å². The molecule has 3 rings (SSSR count). The number of benzene rings is 2. The van der Waals surface area contributed by atoms with Crippen LogP contribution in [0.3, 0.4) is 0 Å². The summed E-state index contributed by atoms with van der Waals surface area (Å²) in [5.41, 5.74) is 7.71. The molecular weight excluding hydrogens is 510 g/mol. The number of nitrogens with one attached hydrogen (secondary N) is 4. The standard InChI is InChI=1S/C26H29N5O8/c27-18(11-22(33)34)24(37)30-21(10-15-12-28-19-4-2-1-3-17(15)19)26(39)31-20(25(38)29-13-23(35)36)9-14-5-7-16(32)8-6-14/h1-8,12,18,20-21,28,32H,9-11,13,27H2,(H,29,38)(H,30,37)(H,31,39)(H,33,34)(H,35,36)/t18-,20-,21-/m0/s1. The number of phenols is 1. The molecule has 0 unspecified atom stereocenters. The maximum Gasteiger partial charge on any atom is 0.322 e. The summed E-state index contributed by atoms with van der Waals surface area (Å²) in [6, 6.07) is 9.22. The Morgan fingerprint density at radius 1 is 0.821 bits per heavy atom. The summed E-state index contributed by atoms with van der Waals surface area (Å²) in [7, 11) is 0. The average molecular weight is 540 g/mol. The van der Waals surface area contributed by atoms with E-state index in [0.717, 1.165) is 10.9 Å². The van der Waals surface area contributed by atoms with Crippen molar-refractivity contribution < 1.29 is 39.3 Å². The Balaban J connectivity index is 1.86. The van der Waals surface area contributed by atoms with E-state index in [2.05, 4.69) is 20.9 Å². The molecule has 13 nitrogen and oxygen atoms in total. The average Bonchev–Trinajstić information content (AvgIpc) is 3.30. The van der Waals surface area contributed by atoms with Crippen LogP contribution in [0.15, 0.2) is 54.7 Å². The van der Waals surface area contributed by atoms with Crippen LogP contribution in [0.5, 0.6) is 5.75 Å². The number of phenolic OH excluding ortho intramolecular Hbond substituents is 1. The van der Waals surface area contributed by atoms with Gasteiger partial charge in [-0.05, 0) is 29.3 Å². The first-order valence-electron chi connectivity index (χ1n) is 11.9. The Labute approximate surface area is 222 Å². The summed E-state index contributed by atoms with van der Waals surface area (Å²) in [5, 5.41) is 35.5. The number of fused-ring (bicyclic) bond motifs is 1. The van der Waals surface area contributed by atoms with Crippen molar-refractivity contribution >= 4 is 40.6 Å². The number of carbonyl (C=O) groups excluding carboxylic acids is 3. The van der Waals surface area contributed by atoms with Crippen molar-refractivity contribution in [1.29, 1.82) is 0 Å². The molecule has 0 aliphatic carbocycles. The lowest BCUT2D eigenvalue weighted by atomic mass is 10.0. The fourth-order valence-electron chi connectivity index (χ4n) is 3.92. The number of aromatic amines is 1. The molecule has 0 spiro atoms. The molecule has 206 valence electrons. The minimum atomic E-state index is -1.42. The van der Waals surface area contributed by atoms with Gasteiger partial charge in [0.15, 0.2) is 0 Å². The van der Waals surface area contributed by atoms with E-state index in [1.54, 1.807) is 12.3 Å². The summed E-state index contributed by atoms with van der Waals surface area (Å²) < 4.78 is 0. The Bertz CT molecular complexity index is 1350. The number of hydrogen-bond donors (Lipinski definition) is 8. The topological polar surface area (TPSA) is 224 Å². The molecule has 3 atom stereocenters.